The Balaban J connectivity index is 1.80. The highest BCUT2D eigenvalue weighted by atomic mass is 32.2. The number of nitrogens with one attached hydrogen (secondary N) is 1. The number of alkyl halides is 3. The fraction of sp³-hybridized carbons (Fsp3) is 0.348. The molecule has 3 aromatic rings. The Morgan fingerprint density at radius 3 is 2.56 bits per heavy atom. The van der Waals surface area contributed by atoms with E-state index in [1.165, 1.54) is 13.4 Å². The molecule has 1 N–H and O–H groups in total. The van der Waals surface area contributed by atoms with Gasteiger partial charge in [0.1, 0.15) is 5.75 Å². The molecule has 0 radical (unpaired) electrons. The number of benzene rings is 2. The van der Waals surface area contributed by atoms with Crippen LogP contribution < -0.4 is 9.64 Å². The van der Waals surface area contributed by atoms with Crippen LogP contribution in [0.25, 0.3) is 0 Å². The quantitative estimate of drug-likeness (QED) is 0.535. The summed E-state index contributed by atoms with van der Waals surface area (Å²) >= 11 is 0. The van der Waals surface area contributed by atoms with Gasteiger partial charge in [-0.05, 0) is 30.5 Å². The number of hydrogen-bond acceptors (Lipinski definition) is 5. The molecule has 0 unspecified atom stereocenters. The standard InChI is InChI=1S/C23H25F3N4O3S/c1-33-22-9-5-8-21-20(22)15-29(34(31,32)23(24,25)26)14-19(11-10-17-6-3-2-4-7-17)30(21)13-18-12-27-16-28-18/h2-9,12,16,19H,10-11,13-15H2,1H3,(H,27,28)/t19-/m0/s1. The van der Waals surface area contributed by atoms with E-state index in [0.29, 0.717) is 40.7 Å². The topological polar surface area (TPSA) is 78.5 Å². The number of rotatable bonds is 7. The van der Waals surface area contributed by atoms with Gasteiger partial charge in [0.2, 0.25) is 0 Å². The van der Waals surface area contributed by atoms with Gasteiger partial charge in [-0.2, -0.15) is 17.5 Å². The first kappa shape index (κ1) is 24.1. The van der Waals surface area contributed by atoms with Crippen molar-refractivity contribution >= 4 is 15.7 Å². The first-order chi connectivity index (χ1) is 16.2. The number of aromatic nitrogens is 2. The van der Waals surface area contributed by atoms with Crippen molar-refractivity contribution in [2.75, 3.05) is 18.6 Å². The number of anilines is 1. The summed E-state index contributed by atoms with van der Waals surface area (Å²) in [5.41, 5.74) is -2.61. The highest BCUT2D eigenvalue weighted by Crippen LogP contribution is 2.39. The summed E-state index contributed by atoms with van der Waals surface area (Å²) in [5, 5.41) is 0. The summed E-state index contributed by atoms with van der Waals surface area (Å²) in [7, 11) is -4.15. The normalized spacial score (nSPS) is 17.3. The van der Waals surface area contributed by atoms with Crippen molar-refractivity contribution in [2.45, 2.75) is 37.5 Å². The van der Waals surface area contributed by atoms with Crippen molar-refractivity contribution in [3.63, 3.8) is 0 Å². The van der Waals surface area contributed by atoms with Crippen molar-refractivity contribution in [3.05, 3.63) is 77.9 Å². The van der Waals surface area contributed by atoms with Crippen LogP contribution in [0.1, 0.15) is 23.2 Å². The number of aryl methyl sites for hydroxylation is 1. The second-order valence-corrected chi connectivity index (χ2v) is 10.0. The number of nitrogens with zero attached hydrogens (tertiary/aromatic N) is 3. The van der Waals surface area contributed by atoms with Crippen LogP contribution in [0, 0.1) is 0 Å². The van der Waals surface area contributed by atoms with E-state index in [0.717, 1.165) is 11.3 Å². The van der Waals surface area contributed by atoms with E-state index >= 15 is 0 Å². The molecule has 1 aliphatic heterocycles. The summed E-state index contributed by atoms with van der Waals surface area (Å²) in [6.45, 7) is -0.442. The van der Waals surface area contributed by atoms with Crippen molar-refractivity contribution in [1.29, 1.82) is 0 Å². The zero-order valence-corrected chi connectivity index (χ0v) is 19.3. The third-order valence-corrected chi connectivity index (χ3v) is 7.51. The molecule has 182 valence electrons. The van der Waals surface area contributed by atoms with Gasteiger partial charge < -0.3 is 14.6 Å². The van der Waals surface area contributed by atoms with Gasteiger partial charge in [0.05, 0.1) is 25.7 Å². The van der Waals surface area contributed by atoms with Crippen LogP contribution >= 0.6 is 0 Å². The summed E-state index contributed by atoms with van der Waals surface area (Å²) in [6.07, 6.45) is 4.19. The predicted molar refractivity (Wildman–Crippen MR) is 122 cm³/mol. The number of ether oxygens (including phenoxy) is 1. The van der Waals surface area contributed by atoms with Crippen LogP contribution in [0.4, 0.5) is 18.9 Å². The zero-order valence-electron chi connectivity index (χ0n) is 18.5. The molecule has 0 saturated carbocycles. The SMILES string of the molecule is COc1cccc2c1CN(S(=O)(=O)C(F)(F)F)C[C@H](CCc1ccccc1)N2Cc1cnc[nH]1. The molecular formula is C23H25F3N4O3S. The minimum Gasteiger partial charge on any atom is -0.496 e. The third kappa shape index (κ3) is 4.90. The first-order valence-electron chi connectivity index (χ1n) is 10.7. The number of methoxy groups -OCH3 is 1. The Morgan fingerprint density at radius 1 is 1.15 bits per heavy atom. The molecule has 1 aromatic heterocycles. The molecule has 0 amide bonds. The fourth-order valence-corrected chi connectivity index (χ4v) is 5.23. The van der Waals surface area contributed by atoms with Crippen LogP contribution in [-0.2, 0) is 29.5 Å². The van der Waals surface area contributed by atoms with Gasteiger partial charge in [-0.25, -0.2) is 13.4 Å². The van der Waals surface area contributed by atoms with Gasteiger partial charge in [0, 0.05) is 36.6 Å². The number of halogens is 3. The Hall–Kier alpha value is -3.05. The van der Waals surface area contributed by atoms with Gasteiger partial charge in [-0.3, -0.25) is 0 Å². The molecule has 2 heterocycles. The predicted octanol–water partition coefficient (Wildman–Crippen LogP) is 4.09. The molecule has 0 bridgehead atoms. The minimum absolute atomic E-state index is 0.319. The van der Waals surface area contributed by atoms with Gasteiger partial charge in [0.25, 0.3) is 0 Å². The molecule has 11 heteroatoms. The average Bonchev–Trinajstić information content (AvgIpc) is 3.27. The Labute approximate surface area is 196 Å². The molecule has 34 heavy (non-hydrogen) atoms. The molecular weight excluding hydrogens is 469 g/mol. The average molecular weight is 495 g/mol. The largest absolute Gasteiger partial charge is 0.511 e. The van der Waals surface area contributed by atoms with E-state index in [4.69, 9.17) is 4.74 Å². The van der Waals surface area contributed by atoms with E-state index in [2.05, 4.69) is 9.97 Å². The van der Waals surface area contributed by atoms with Crippen LogP contribution in [-0.4, -0.2) is 47.9 Å². The lowest BCUT2D eigenvalue weighted by atomic mass is 10.0. The van der Waals surface area contributed by atoms with Crippen LogP contribution in [0.2, 0.25) is 0 Å². The second kappa shape index (κ2) is 9.67. The molecule has 0 saturated heterocycles. The Kier molecular flexibility index (Phi) is 6.85. The molecule has 2 aromatic carbocycles. The maximum absolute atomic E-state index is 13.6. The highest BCUT2D eigenvalue weighted by Gasteiger charge is 2.51. The molecule has 0 fully saturated rings. The van der Waals surface area contributed by atoms with Crippen molar-refractivity contribution in [1.82, 2.24) is 14.3 Å². The number of hydrogen-bond donors (Lipinski definition) is 1. The molecule has 1 aliphatic rings. The summed E-state index contributed by atoms with van der Waals surface area (Å²) < 4.78 is 71.8. The highest BCUT2D eigenvalue weighted by molar-refractivity contribution is 7.89. The molecule has 0 spiro atoms. The molecule has 1 atom stereocenters. The molecule has 4 rings (SSSR count). The lowest BCUT2D eigenvalue weighted by molar-refractivity contribution is -0.0492. The molecule has 7 nitrogen and oxygen atoms in total. The second-order valence-electron chi connectivity index (χ2n) is 8.08. The van der Waals surface area contributed by atoms with Crippen LogP contribution in [0.15, 0.2) is 61.1 Å². The monoisotopic (exact) mass is 494 g/mol. The smallest absolute Gasteiger partial charge is 0.496 e. The van der Waals surface area contributed by atoms with Gasteiger partial charge in [-0.1, -0.05) is 36.4 Å². The third-order valence-electron chi connectivity index (χ3n) is 5.96. The fourth-order valence-electron chi connectivity index (χ4n) is 4.27. The van der Waals surface area contributed by atoms with E-state index in [1.807, 2.05) is 35.2 Å². The minimum atomic E-state index is -5.56. The summed E-state index contributed by atoms with van der Waals surface area (Å²) in [6, 6.07) is 14.2. The maximum Gasteiger partial charge on any atom is 0.511 e. The molecule has 0 aliphatic carbocycles. The van der Waals surface area contributed by atoms with E-state index < -0.39 is 28.1 Å². The van der Waals surface area contributed by atoms with Crippen LogP contribution in [0.3, 0.4) is 0 Å². The van der Waals surface area contributed by atoms with Crippen molar-refractivity contribution < 1.29 is 26.3 Å². The Bertz CT molecular complexity index is 1200. The van der Waals surface area contributed by atoms with E-state index in [9.17, 15) is 21.6 Å². The van der Waals surface area contributed by atoms with Gasteiger partial charge >= 0.3 is 15.5 Å². The van der Waals surface area contributed by atoms with E-state index in [-0.39, 0.29) is 6.54 Å². The van der Waals surface area contributed by atoms with Gasteiger partial charge in [-0.15, -0.1) is 0 Å². The number of sulfonamides is 1. The summed E-state index contributed by atoms with van der Waals surface area (Å²) in [4.78, 5) is 9.02. The maximum atomic E-state index is 13.6. The van der Waals surface area contributed by atoms with Crippen molar-refractivity contribution in [2.24, 2.45) is 0 Å². The first-order valence-corrected chi connectivity index (χ1v) is 12.1. The number of aromatic amines is 1. The summed E-state index contributed by atoms with van der Waals surface area (Å²) in [5.74, 6) is 0.332. The number of fused-ring (bicyclic) bond motifs is 1. The lowest BCUT2D eigenvalue weighted by Gasteiger charge is -2.34. The lowest BCUT2D eigenvalue weighted by Crippen LogP contribution is -2.47. The number of imidazole rings is 1. The zero-order chi connectivity index (χ0) is 24.3. The van der Waals surface area contributed by atoms with Crippen molar-refractivity contribution in [3.8, 4) is 5.75 Å². The Morgan fingerprint density at radius 2 is 1.91 bits per heavy atom. The van der Waals surface area contributed by atoms with Crippen LogP contribution in [0.5, 0.6) is 5.75 Å². The van der Waals surface area contributed by atoms with Gasteiger partial charge in [0.15, 0.2) is 0 Å². The number of H-pyrrole nitrogens is 1. The van der Waals surface area contributed by atoms with E-state index in [1.54, 1.807) is 24.4 Å².